The van der Waals surface area contributed by atoms with E-state index in [-0.39, 0.29) is 12.2 Å². The number of imidazole rings is 1. The number of rotatable bonds is 8. The number of benzene rings is 1. The molecule has 2 aromatic rings. The highest BCUT2D eigenvalue weighted by Crippen LogP contribution is 2.34. The standard InChI is InChI=1S/C20H26F3N3/c1-4-6-12-26-17(14-24-13-15(3)5-2)18(20(21,22)23)25-19(26)16-10-8-7-9-11-16/h5,7-11,24H,4,6,12-14H2,1-3H3/b15-5+. The monoisotopic (exact) mass is 365 g/mol. The molecule has 0 fully saturated rings. The Morgan fingerprint density at radius 1 is 1.23 bits per heavy atom. The average molecular weight is 365 g/mol. The summed E-state index contributed by atoms with van der Waals surface area (Å²) in [5, 5.41) is 3.12. The molecule has 3 nitrogen and oxygen atoms in total. The van der Waals surface area contributed by atoms with Gasteiger partial charge in [-0.2, -0.15) is 13.2 Å². The van der Waals surface area contributed by atoms with Crippen LogP contribution < -0.4 is 5.32 Å². The second kappa shape index (κ2) is 9.03. The van der Waals surface area contributed by atoms with Crippen LogP contribution in [0.5, 0.6) is 0 Å². The lowest BCUT2D eigenvalue weighted by atomic mass is 10.2. The number of aromatic nitrogens is 2. The van der Waals surface area contributed by atoms with Gasteiger partial charge in [-0.15, -0.1) is 0 Å². The van der Waals surface area contributed by atoms with Gasteiger partial charge in [0.05, 0.1) is 5.69 Å². The fourth-order valence-corrected chi connectivity index (χ4v) is 2.74. The van der Waals surface area contributed by atoms with Crippen molar-refractivity contribution in [3.63, 3.8) is 0 Å². The summed E-state index contributed by atoms with van der Waals surface area (Å²) in [5.41, 5.74) is 1.19. The second-order valence-corrected chi connectivity index (χ2v) is 6.34. The third-order valence-corrected chi connectivity index (χ3v) is 4.30. The summed E-state index contributed by atoms with van der Waals surface area (Å²) >= 11 is 0. The van der Waals surface area contributed by atoms with Crippen molar-refractivity contribution in [3.05, 3.63) is 53.4 Å². The molecule has 0 aliphatic rings. The molecular formula is C20H26F3N3. The van der Waals surface area contributed by atoms with Crippen LogP contribution in [0.1, 0.15) is 45.0 Å². The zero-order valence-electron chi connectivity index (χ0n) is 15.5. The number of hydrogen-bond donors (Lipinski definition) is 1. The highest BCUT2D eigenvalue weighted by Gasteiger charge is 2.38. The van der Waals surface area contributed by atoms with Gasteiger partial charge in [0.15, 0.2) is 5.69 Å². The van der Waals surface area contributed by atoms with Gasteiger partial charge in [0.2, 0.25) is 0 Å². The van der Waals surface area contributed by atoms with Crippen LogP contribution in [-0.4, -0.2) is 16.1 Å². The fourth-order valence-electron chi connectivity index (χ4n) is 2.74. The molecular weight excluding hydrogens is 339 g/mol. The van der Waals surface area contributed by atoms with E-state index in [0.717, 1.165) is 18.4 Å². The van der Waals surface area contributed by atoms with Gasteiger partial charge in [-0.25, -0.2) is 4.98 Å². The molecule has 0 unspecified atom stereocenters. The van der Waals surface area contributed by atoms with E-state index < -0.39 is 11.9 Å². The Labute approximate surface area is 152 Å². The van der Waals surface area contributed by atoms with E-state index in [1.807, 2.05) is 45.0 Å². The Morgan fingerprint density at radius 2 is 1.92 bits per heavy atom. The first kappa shape index (κ1) is 20.2. The van der Waals surface area contributed by atoms with E-state index in [1.165, 1.54) is 0 Å². The molecule has 2 rings (SSSR count). The van der Waals surface area contributed by atoms with Crippen LogP contribution in [0.3, 0.4) is 0 Å². The molecule has 6 heteroatoms. The van der Waals surface area contributed by atoms with Crippen molar-refractivity contribution >= 4 is 0 Å². The van der Waals surface area contributed by atoms with Crippen molar-refractivity contribution in [1.82, 2.24) is 14.9 Å². The quantitative estimate of drug-likeness (QED) is 0.633. The molecule has 0 saturated carbocycles. The maximum atomic E-state index is 13.6. The Bertz CT molecular complexity index is 731. The molecule has 142 valence electrons. The maximum Gasteiger partial charge on any atom is 0.435 e. The van der Waals surface area contributed by atoms with Crippen molar-refractivity contribution in [2.45, 2.75) is 52.9 Å². The van der Waals surface area contributed by atoms with E-state index in [4.69, 9.17) is 0 Å². The van der Waals surface area contributed by atoms with Crippen molar-refractivity contribution in [2.24, 2.45) is 0 Å². The number of nitrogens with one attached hydrogen (secondary N) is 1. The second-order valence-electron chi connectivity index (χ2n) is 6.34. The molecule has 1 aromatic carbocycles. The smallest absolute Gasteiger partial charge is 0.326 e. The molecule has 1 aromatic heterocycles. The number of hydrogen-bond acceptors (Lipinski definition) is 2. The lowest BCUT2D eigenvalue weighted by Crippen LogP contribution is -2.21. The molecule has 0 amide bonds. The predicted molar refractivity (Wildman–Crippen MR) is 98.7 cm³/mol. The van der Waals surface area contributed by atoms with Crippen LogP contribution in [-0.2, 0) is 19.3 Å². The summed E-state index contributed by atoms with van der Waals surface area (Å²) in [6, 6.07) is 9.07. The van der Waals surface area contributed by atoms with Gasteiger partial charge in [-0.1, -0.05) is 55.3 Å². The molecule has 1 N–H and O–H groups in total. The zero-order chi connectivity index (χ0) is 19.2. The molecule has 0 radical (unpaired) electrons. The van der Waals surface area contributed by atoms with Crippen LogP contribution in [0.4, 0.5) is 13.2 Å². The van der Waals surface area contributed by atoms with E-state index in [1.54, 1.807) is 16.7 Å². The van der Waals surface area contributed by atoms with Crippen LogP contribution in [0.25, 0.3) is 11.4 Å². The minimum Gasteiger partial charge on any atom is -0.326 e. The number of alkyl halides is 3. The van der Waals surface area contributed by atoms with Crippen molar-refractivity contribution < 1.29 is 13.2 Å². The highest BCUT2D eigenvalue weighted by atomic mass is 19.4. The van der Waals surface area contributed by atoms with Crippen molar-refractivity contribution in [1.29, 1.82) is 0 Å². The number of allylic oxidation sites excluding steroid dienone is 1. The summed E-state index contributed by atoms with van der Waals surface area (Å²) in [5.74, 6) is 0.380. The molecule has 26 heavy (non-hydrogen) atoms. The first-order valence-corrected chi connectivity index (χ1v) is 8.93. The van der Waals surface area contributed by atoms with E-state index in [0.29, 0.717) is 24.5 Å². The van der Waals surface area contributed by atoms with Crippen LogP contribution in [0.15, 0.2) is 42.0 Å². The van der Waals surface area contributed by atoms with Crippen molar-refractivity contribution in [2.75, 3.05) is 6.54 Å². The topological polar surface area (TPSA) is 29.9 Å². The summed E-state index contributed by atoms with van der Waals surface area (Å²) in [6.45, 7) is 7.08. The van der Waals surface area contributed by atoms with Crippen LogP contribution in [0.2, 0.25) is 0 Å². The molecule has 0 aliphatic carbocycles. The summed E-state index contributed by atoms with van der Waals surface area (Å²) in [6.07, 6.45) is -0.832. The minimum atomic E-state index is -4.48. The average Bonchev–Trinajstić information content (AvgIpc) is 2.99. The third kappa shape index (κ3) is 4.97. The molecule has 0 bridgehead atoms. The molecule has 0 atom stereocenters. The van der Waals surface area contributed by atoms with E-state index >= 15 is 0 Å². The van der Waals surface area contributed by atoms with Gasteiger partial charge in [-0.05, 0) is 20.3 Å². The zero-order valence-corrected chi connectivity index (χ0v) is 15.5. The maximum absolute atomic E-state index is 13.6. The van der Waals surface area contributed by atoms with E-state index in [2.05, 4.69) is 10.3 Å². The predicted octanol–water partition coefficient (Wildman–Crippen LogP) is 5.42. The summed E-state index contributed by atoms with van der Waals surface area (Å²) < 4.78 is 42.6. The fraction of sp³-hybridized carbons (Fsp3) is 0.450. The molecule has 0 spiro atoms. The lowest BCUT2D eigenvalue weighted by Gasteiger charge is -2.14. The number of unbranched alkanes of at least 4 members (excludes halogenated alkanes) is 1. The van der Waals surface area contributed by atoms with E-state index in [9.17, 15) is 13.2 Å². The SMILES string of the molecule is C/C=C(\C)CNCc1c(C(F)(F)F)nc(-c2ccccc2)n1CCCC. The summed E-state index contributed by atoms with van der Waals surface area (Å²) in [7, 11) is 0. The van der Waals surface area contributed by atoms with Crippen LogP contribution >= 0.6 is 0 Å². The largest absolute Gasteiger partial charge is 0.435 e. The molecule has 1 heterocycles. The number of nitrogens with zero attached hydrogens (tertiary/aromatic N) is 2. The van der Waals surface area contributed by atoms with Crippen LogP contribution in [0, 0.1) is 0 Å². The van der Waals surface area contributed by atoms with Gasteiger partial charge in [0, 0.05) is 25.2 Å². The first-order valence-electron chi connectivity index (χ1n) is 8.93. The van der Waals surface area contributed by atoms with Gasteiger partial charge in [-0.3, -0.25) is 0 Å². The normalized spacial score (nSPS) is 12.6. The lowest BCUT2D eigenvalue weighted by molar-refractivity contribution is -0.141. The summed E-state index contributed by atoms with van der Waals surface area (Å²) in [4.78, 5) is 4.01. The number of halogens is 3. The molecule has 0 aliphatic heterocycles. The third-order valence-electron chi connectivity index (χ3n) is 4.30. The van der Waals surface area contributed by atoms with Gasteiger partial charge < -0.3 is 9.88 Å². The van der Waals surface area contributed by atoms with Gasteiger partial charge in [0.25, 0.3) is 0 Å². The molecule has 0 saturated heterocycles. The Balaban J connectivity index is 2.48. The Morgan fingerprint density at radius 3 is 2.50 bits per heavy atom. The van der Waals surface area contributed by atoms with Gasteiger partial charge in [0.1, 0.15) is 5.82 Å². The Hall–Kier alpha value is -2.08. The Kier molecular flexibility index (Phi) is 7.03. The van der Waals surface area contributed by atoms with Gasteiger partial charge >= 0.3 is 6.18 Å². The highest BCUT2D eigenvalue weighted by molar-refractivity contribution is 5.57. The van der Waals surface area contributed by atoms with Crippen molar-refractivity contribution in [3.8, 4) is 11.4 Å². The first-order chi connectivity index (χ1) is 12.4. The minimum absolute atomic E-state index is 0.129.